The van der Waals surface area contributed by atoms with Gasteiger partial charge >= 0.3 is 0 Å². The predicted octanol–water partition coefficient (Wildman–Crippen LogP) is 4.45. The van der Waals surface area contributed by atoms with E-state index in [0.29, 0.717) is 25.4 Å². The zero-order chi connectivity index (χ0) is 23.4. The summed E-state index contributed by atoms with van der Waals surface area (Å²) in [6.07, 6.45) is 4.99. The highest BCUT2D eigenvalue weighted by atomic mass is 16.5. The number of para-hydroxylation sites is 2. The van der Waals surface area contributed by atoms with E-state index < -0.39 is 0 Å². The van der Waals surface area contributed by atoms with Crippen molar-refractivity contribution in [1.29, 1.82) is 0 Å². The third kappa shape index (κ3) is 4.98. The van der Waals surface area contributed by atoms with Crippen LogP contribution in [0.5, 0.6) is 5.75 Å². The Hall–Kier alpha value is -2.83. The highest BCUT2D eigenvalue weighted by Crippen LogP contribution is 2.37. The Balaban J connectivity index is 1.36. The number of benzene rings is 2. The van der Waals surface area contributed by atoms with Crippen LogP contribution in [0, 0.1) is 5.41 Å². The molecule has 0 radical (unpaired) electrons. The normalized spacial score (nSPS) is 24.1. The molecule has 2 aromatic carbocycles. The highest BCUT2D eigenvalue weighted by Gasteiger charge is 2.34. The molecule has 6 rings (SSSR count). The molecule has 3 aliphatic rings. The Morgan fingerprint density at radius 3 is 2.59 bits per heavy atom. The fourth-order valence-corrected chi connectivity index (χ4v) is 5.43. The second kappa shape index (κ2) is 10.2. The van der Waals surface area contributed by atoms with Crippen LogP contribution in [0.2, 0.25) is 0 Å². The first kappa shape index (κ1) is 22.9. The van der Waals surface area contributed by atoms with E-state index in [1.54, 1.807) is 0 Å². The quantitative estimate of drug-likeness (QED) is 0.592. The molecule has 2 bridgehead atoms. The maximum absolute atomic E-state index is 13.4. The van der Waals surface area contributed by atoms with Crippen molar-refractivity contribution in [2.45, 2.75) is 38.6 Å². The van der Waals surface area contributed by atoms with Gasteiger partial charge in [-0.05, 0) is 62.4 Å². The number of piperidine rings is 1. The van der Waals surface area contributed by atoms with Gasteiger partial charge in [-0.3, -0.25) is 9.69 Å². The molecule has 6 nitrogen and oxygen atoms in total. The summed E-state index contributed by atoms with van der Waals surface area (Å²) in [5, 5.41) is 11.3. The van der Waals surface area contributed by atoms with Crippen LogP contribution in [0.15, 0.2) is 54.6 Å². The Labute approximate surface area is 201 Å². The Bertz CT molecular complexity index is 1080. The summed E-state index contributed by atoms with van der Waals surface area (Å²) >= 11 is 0. The van der Waals surface area contributed by atoms with Crippen molar-refractivity contribution in [2.24, 2.45) is 5.41 Å². The number of aromatic amines is 1. The average Bonchev–Trinajstić information content (AvgIpc) is 3.31. The molecule has 2 N–H and O–H groups in total. The molecule has 0 atom stereocenters. The molecule has 180 valence electrons. The number of carbonyl (C=O) groups is 1. The SMILES string of the molecule is O=C(c1cc2ccccc2[nH]1)N1CCCCC2(CO)CCN(CC2)Cc2ccccc2OCC1. The first-order valence-electron chi connectivity index (χ1n) is 12.6. The predicted molar refractivity (Wildman–Crippen MR) is 134 cm³/mol. The second-order valence-electron chi connectivity index (χ2n) is 9.91. The van der Waals surface area contributed by atoms with Gasteiger partial charge < -0.3 is 19.7 Å². The van der Waals surface area contributed by atoms with E-state index in [1.807, 2.05) is 47.4 Å². The number of carbonyl (C=O) groups excluding carboxylic acids is 1. The molecule has 1 saturated heterocycles. The molecule has 1 amide bonds. The van der Waals surface area contributed by atoms with Crippen LogP contribution in [-0.4, -0.2) is 65.2 Å². The van der Waals surface area contributed by atoms with Crippen LogP contribution in [0.4, 0.5) is 0 Å². The molecule has 34 heavy (non-hydrogen) atoms. The van der Waals surface area contributed by atoms with Crippen molar-refractivity contribution in [2.75, 3.05) is 39.4 Å². The van der Waals surface area contributed by atoms with Gasteiger partial charge in [0.1, 0.15) is 18.1 Å². The number of amides is 1. The second-order valence-corrected chi connectivity index (χ2v) is 9.91. The molecule has 3 aromatic rings. The third-order valence-electron chi connectivity index (χ3n) is 7.67. The van der Waals surface area contributed by atoms with Crippen LogP contribution in [-0.2, 0) is 6.54 Å². The zero-order valence-electron chi connectivity index (χ0n) is 19.8. The van der Waals surface area contributed by atoms with E-state index in [9.17, 15) is 9.90 Å². The summed E-state index contributed by atoms with van der Waals surface area (Å²) in [7, 11) is 0. The summed E-state index contributed by atoms with van der Waals surface area (Å²) in [5.74, 6) is 0.913. The van der Waals surface area contributed by atoms with Gasteiger partial charge in [-0.25, -0.2) is 0 Å². The zero-order valence-corrected chi connectivity index (χ0v) is 19.8. The summed E-state index contributed by atoms with van der Waals surface area (Å²) in [6, 6.07) is 18.2. The first-order chi connectivity index (χ1) is 16.7. The number of aliphatic hydroxyl groups excluding tert-OH is 1. The smallest absolute Gasteiger partial charge is 0.270 e. The molecule has 4 heterocycles. The van der Waals surface area contributed by atoms with Gasteiger partial charge in [0.15, 0.2) is 0 Å². The van der Waals surface area contributed by atoms with E-state index in [0.717, 1.165) is 68.4 Å². The molecular weight excluding hydrogens is 426 g/mol. The summed E-state index contributed by atoms with van der Waals surface area (Å²) in [5.41, 5.74) is 2.80. The monoisotopic (exact) mass is 461 g/mol. The molecule has 1 fully saturated rings. The molecule has 0 spiro atoms. The van der Waals surface area contributed by atoms with E-state index in [4.69, 9.17) is 4.74 Å². The lowest BCUT2D eigenvalue weighted by atomic mass is 9.75. The lowest BCUT2D eigenvalue weighted by Crippen LogP contribution is -2.41. The maximum atomic E-state index is 13.4. The van der Waals surface area contributed by atoms with Gasteiger partial charge in [0.05, 0.1) is 6.54 Å². The van der Waals surface area contributed by atoms with E-state index in [1.165, 1.54) is 5.56 Å². The Morgan fingerprint density at radius 1 is 0.971 bits per heavy atom. The van der Waals surface area contributed by atoms with Crippen LogP contribution in [0.1, 0.15) is 48.2 Å². The van der Waals surface area contributed by atoms with Crippen molar-refractivity contribution in [3.05, 3.63) is 65.9 Å². The van der Waals surface area contributed by atoms with Gasteiger partial charge in [-0.15, -0.1) is 0 Å². The number of H-pyrrole nitrogens is 1. The maximum Gasteiger partial charge on any atom is 0.270 e. The minimum absolute atomic E-state index is 0.0126. The van der Waals surface area contributed by atoms with Gasteiger partial charge in [0, 0.05) is 36.2 Å². The number of nitrogens with zero attached hydrogens (tertiary/aromatic N) is 2. The van der Waals surface area contributed by atoms with Gasteiger partial charge in [0.25, 0.3) is 5.91 Å². The average molecular weight is 462 g/mol. The van der Waals surface area contributed by atoms with E-state index in [2.05, 4.69) is 22.0 Å². The highest BCUT2D eigenvalue weighted by molar-refractivity contribution is 5.98. The largest absolute Gasteiger partial charge is 0.491 e. The van der Waals surface area contributed by atoms with Crippen molar-refractivity contribution in [3.63, 3.8) is 0 Å². The van der Waals surface area contributed by atoms with E-state index in [-0.39, 0.29) is 17.9 Å². The van der Waals surface area contributed by atoms with Gasteiger partial charge in [-0.2, -0.15) is 0 Å². The van der Waals surface area contributed by atoms with Crippen LogP contribution in [0.25, 0.3) is 10.9 Å². The Kier molecular flexibility index (Phi) is 6.88. The summed E-state index contributed by atoms with van der Waals surface area (Å²) < 4.78 is 6.21. The molecular formula is C28H35N3O3. The number of ether oxygens (including phenoxy) is 1. The fourth-order valence-electron chi connectivity index (χ4n) is 5.43. The lowest BCUT2D eigenvalue weighted by molar-refractivity contribution is 0.0319. The standard InChI is InChI=1S/C28H35N3O3/c32-21-28-11-5-6-14-31(27(33)25-19-22-7-1-3-9-24(22)29-25)17-18-34-26-10-4-2-8-23(26)20-30(15-12-28)16-13-28/h1-4,7-10,19,29,32H,5-6,11-18,20-21H2. The first-order valence-corrected chi connectivity index (χ1v) is 12.6. The van der Waals surface area contributed by atoms with Crippen LogP contribution in [0.3, 0.4) is 0 Å². The van der Waals surface area contributed by atoms with Crippen molar-refractivity contribution in [1.82, 2.24) is 14.8 Å². The molecule has 0 aliphatic carbocycles. The van der Waals surface area contributed by atoms with Gasteiger partial charge in [-0.1, -0.05) is 42.8 Å². The van der Waals surface area contributed by atoms with Crippen molar-refractivity contribution >= 4 is 16.8 Å². The van der Waals surface area contributed by atoms with Crippen molar-refractivity contribution < 1.29 is 14.6 Å². The Morgan fingerprint density at radius 2 is 1.76 bits per heavy atom. The number of hydrogen-bond donors (Lipinski definition) is 2. The van der Waals surface area contributed by atoms with Crippen LogP contribution < -0.4 is 4.74 Å². The number of aromatic nitrogens is 1. The molecule has 6 heteroatoms. The summed E-state index contributed by atoms with van der Waals surface area (Å²) in [6.45, 7) is 4.79. The minimum atomic E-state index is 0.0126. The van der Waals surface area contributed by atoms with Gasteiger partial charge in [0.2, 0.25) is 0 Å². The molecule has 3 aliphatic heterocycles. The number of fused-ring (bicyclic) bond motifs is 10. The van der Waals surface area contributed by atoms with Crippen molar-refractivity contribution in [3.8, 4) is 5.75 Å². The number of aliphatic hydroxyl groups is 1. The van der Waals surface area contributed by atoms with E-state index >= 15 is 0 Å². The lowest BCUT2D eigenvalue weighted by Gasteiger charge is -2.41. The number of rotatable bonds is 2. The number of hydrogen-bond acceptors (Lipinski definition) is 4. The fraction of sp³-hybridized carbons (Fsp3) is 0.464. The van der Waals surface area contributed by atoms with Crippen LogP contribution >= 0.6 is 0 Å². The third-order valence-corrected chi connectivity index (χ3v) is 7.67. The minimum Gasteiger partial charge on any atom is -0.491 e. The molecule has 1 aromatic heterocycles. The number of nitrogens with one attached hydrogen (secondary N) is 1. The topological polar surface area (TPSA) is 68.8 Å². The molecule has 0 saturated carbocycles. The summed E-state index contributed by atoms with van der Waals surface area (Å²) in [4.78, 5) is 21.1. The molecule has 0 unspecified atom stereocenters.